The van der Waals surface area contributed by atoms with E-state index in [2.05, 4.69) is 17.6 Å². The van der Waals surface area contributed by atoms with Gasteiger partial charge in [0.2, 0.25) is 5.91 Å². The third-order valence-electron chi connectivity index (χ3n) is 3.69. The minimum atomic E-state index is -0.275. The van der Waals surface area contributed by atoms with Crippen LogP contribution in [0.5, 0.6) is 0 Å². The van der Waals surface area contributed by atoms with Crippen LogP contribution in [0.1, 0.15) is 38.3 Å². The molecule has 2 rings (SSSR count). The van der Waals surface area contributed by atoms with Crippen molar-refractivity contribution in [1.29, 1.82) is 0 Å². The predicted molar refractivity (Wildman–Crippen MR) is 73.1 cm³/mol. The van der Waals surface area contributed by atoms with Gasteiger partial charge in [-0.1, -0.05) is 19.1 Å². The molecule has 0 saturated carbocycles. The molecule has 1 fully saturated rings. The summed E-state index contributed by atoms with van der Waals surface area (Å²) in [4.78, 5) is 12.1. The summed E-state index contributed by atoms with van der Waals surface area (Å²) in [5, 5.41) is 6.18. The van der Waals surface area contributed by atoms with Gasteiger partial charge in [0, 0.05) is 0 Å². The van der Waals surface area contributed by atoms with E-state index >= 15 is 0 Å². The van der Waals surface area contributed by atoms with Crippen LogP contribution in [0.25, 0.3) is 0 Å². The fourth-order valence-electron chi connectivity index (χ4n) is 2.48. The molecule has 0 radical (unpaired) electrons. The van der Waals surface area contributed by atoms with E-state index in [1.54, 1.807) is 6.07 Å². The van der Waals surface area contributed by atoms with Crippen LogP contribution in [-0.4, -0.2) is 18.5 Å². The summed E-state index contributed by atoms with van der Waals surface area (Å²) in [6, 6.07) is 6.05. The highest BCUT2D eigenvalue weighted by molar-refractivity contribution is 5.82. The van der Waals surface area contributed by atoms with E-state index in [9.17, 15) is 9.18 Å². The van der Waals surface area contributed by atoms with Gasteiger partial charge in [0.15, 0.2) is 0 Å². The van der Waals surface area contributed by atoms with E-state index < -0.39 is 0 Å². The Labute approximate surface area is 113 Å². The molecule has 0 aliphatic carbocycles. The monoisotopic (exact) mass is 264 g/mol. The normalized spacial score (nSPS) is 24.8. The summed E-state index contributed by atoms with van der Waals surface area (Å²) in [7, 11) is 0. The maximum atomic E-state index is 13.1. The number of rotatable bonds is 3. The van der Waals surface area contributed by atoms with Crippen molar-refractivity contribution in [2.24, 2.45) is 5.92 Å². The molecule has 19 heavy (non-hydrogen) atoms. The zero-order valence-electron chi connectivity index (χ0n) is 11.4. The second-order valence-corrected chi connectivity index (χ2v) is 5.42. The molecular formula is C15H21FN2O. The van der Waals surface area contributed by atoms with E-state index in [0.717, 1.165) is 24.9 Å². The summed E-state index contributed by atoms with van der Waals surface area (Å²) in [6.07, 6.45) is 1.98. The van der Waals surface area contributed by atoms with Crippen molar-refractivity contribution in [3.63, 3.8) is 0 Å². The molecule has 0 bridgehead atoms. The number of piperidine rings is 1. The Morgan fingerprint density at radius 1 is 1.53 bits per heavy atom. The third-order valence-corrected chi connectivity index (χ3v) is 3.69. The zero-order valence-corrected chi connectivity index (χ0v) is 11.4. The molecule has 1 aromatic rings. The van der Waals surface area contributed by atoms with Crippen molar-refractivity contribution < 1.29 is 9.18 Å². The van der Waals surface area contributed by atoms with Crippen molar-refractivity contribution in [2.45, 2.75) is 38.8 Å². The van der Waals surface area contributed by atoms with Gasteiger partial charge in [0.25, 0.3) is 0 Å². The number of nitrogens with one attached hydrogen (secondary N) is 2. The molecule has 1 saturated heterocycles. The van der Waals surface area contributed by atoms with Gasteiger partial charge in [0.1, 0.15) is 5.82 Å². The molecule has 3 unspecified atom stereocenters. The number of halogens is 1. The second-order valence-electron chi connectivity index (χ2n) is 5.42. The first-order chi connectivity index (χ1) is 9.06. The van der Waals surface area contributed by atoms with Crippen LogP contribution in [-0.2, 0) is 4.79 Å². The molecule has 2 N–H and O–H groups in total. The lowest BCUT2D eigenvalue weighted by Crippen LogP contribution is -2.48. The van der Waals surface area contributed by atoms with Crippen molar-refractivity contribution in [3.05, 3.63) is 35.6 Å². The van der Waals surface area contributed by atoms with Gasteiger partial charge in [-0.05, 0) is 49.9 Å². The van der Waals surface area contributed by atoms with Crippen molar-refractivity contribution in [2.75, 3.05) is 6.54 Å². The van der Waals surface area contributed by atoms with Crippen molar-refractivity contribution in [1.82, 2.24) is 10.6 Å². The Morgan fingerprint density at radius 3 is 3.00 bits per heavy atom. The first kappa shape index (κ1) is 14.0. The quantitative estimate of drug-likeness (QED) is 0.880. The average Bonchev–Trinajstić information content (AvgIpc) is 2.38. The third kappa shape index (κ3) is 3.77. The molecule has 1 heterocycles. The summed E-state index contributed by atoms with van der Waals surface area (Å²) in [5.41, 5.74) is 0.789. The van der Waals surface area contributed by atoms with Gasteiger partial charge >= 0.3 is 0 Å². The Hall–Kier alpha value is -1.42. The molecule has 4 heteroatoms. The van der Waals surface area contributed by atoms with Gasteiger partial charge in [-0.15, -0.1) is 0 Å². The van der Waals surface area contributed by atoms with E-state index in [4.69, 9.17) is 0 Å². The fourth-order valence-corrected chi connectivity index (χ4v) is 2.48. The molecule has 1 aromatic carbocycles. The predicted octanol–water partition coefficient (Wildman–Crippen LogP) is 2.39. The fraction of sp³-hybridized carbons (Fsp3) is 0.533. The van der Waals surface area contributed by atoms with Crippen LogP contribution in [0.2, 0.25) is 0 Å². The summed E-state index contributed by atoms with van der Waals surface area (Å²) in [5.74, 6) is 0.299. The van der Waals surface area contributed by atoms with Crippen LogP contribution in [0.4, 0.5) is 4.39 Å². The second kappa shape index (κ2) is 6.15. The number of carbonyl (C=O) groups excluding carboxylic acids is 1. The van der Waals surface area contributed by atoms with Crippen LogP contribution in [0, 0.1) is 11.7 Å². The largest absolute Gasteiger partial charge is 0.348 e. The van der Waals surface area contributed by atoms with Crippen molar-refractivity contribution >= 4 is 5.91 Å². The Bertz CT molecular complexity index is 450. The molecular weight excluding hydrogens is 243 g/mol. The Kier molecular flexibility index (Phi) is 4.53. The Morgan fingerprint density at radius 2 is 2.32 bits per heavy atom. The van der Waals surface area contributed by atoms with E-state index in [1.165, 1.54) is 12.1 Å². The number of hydrogen-bond acceptors (Lipinski definition) is 2. The first-order valence-corrected chi connectivity index (χ1v) is 6.85. The first-order valence-electron chi connectivity index (χ1n) is 6.85. The topological polar surface area (TPSA) is 41.1 Å². The Balaban J connectivity index is 1.94. The highest BCUT2D eigenvalue weighted by atomic mass is 19.1. The highest BCUT2D eigenvalue weighted by Crippen LogP contribution is 2.17. The molecule has 1 amide bonds. The molecule has 3 atom stereocenters. The molecule has 1 aliphatic heterocycles. The van der Waals surface area contributed by atoms with E-state index in [-0.39, 0.29) is 23.8 Å². The lowest BCUT2D eigenvalue weighted by molar-refractivity contribution is -0.124. The molecule has 0 spiro atoms. The van der Waals surface area contributed by atoms with Gasteiger partial charge in [0.05, 0.1) is 12.1 Å². The maximum Gasteiger partial charge on any atom is 0.237 e. The molecule has 0 aromatic heterocycles. The summed E-state index contributed by atoms with van der Waals surface area (Å²) < 4.78 is 13.1. The van der Waals surface area contributed by atoms with Crippen LogP contribution in [0.15, 0.2) is 24.3 Å². The zero-order chi connectivity index (χ0) is 13.8. The van der Waals surface area contributed by atoms with Gasteiger partial charge < -0.3 is 10.6 Å². The number of benzene rings is 1. The molecule has 3 nitrogen and oxygen atoms in total. The van der Waals surface area contributed by atoms with Crippen LogP contribution < -0.4 is 10.6 Å². The van der Waals surface area contributed by atoms with Crippen LogP contribution >= 0.6 is 0 Å². The SMILES string of the molecule is CC1CCNC(C(=O)NC(C)c2cccc(F)c2)C1. The van der Waals surface area contributed by atoms with Gasteiger partial charge in [-0.25, -0.2) is 4.39 Å². The number of hydrogen-bond donors (Lipinski definition) is 2. The van der Waals surface area contributed by atoms with Crippen molar-refractivity contribution in [3.8, 4) is 0 Å². The van der Waals surface area contributed by atoms with Crippen LogP contribution in [0.3, 0.4) is 0 Å². The van der Waals surface area contributed by atoms with E-state index in [1.807, 2.05) is 13.0 Å². The summed E-state index contributed by atoms with van der Waals surface area (Å²) >= 11 is 0. The minimum Gasteiger partial charge on any atom is -0.348 e. The number of amides is 1. The maximum absolute atomic E-state index is 13.1. The van der Waals surface area contributed by atoms with Gasteiger partial charge in [-0.2, -0.15) is 0 Å². The smallest absolute Gasteiger partial charge is 0.237 e. The van der Waals surface area contributed by atoms with Gasteiger partial charge in [-0.3, -0.25) is 4.79 Å². The lowest BCUT2D eigenvalue weighted by atomic mass is 9.93. The lowest BCUT2D eigenvalue weighted by Gasteiger charge is -2.28. The minimum absolute atomic E-state index is 0.00307. The summed E-state index contributed by atoms with van der Waals surface area (Å²) in [6.45, 7) is 4.92. The standard InChI is InChI=1S/C15H21FN2O/c1-10-6-7-17-14(8-10)15(19)18-11(2)12-4-3-5-13(16)9-12/h3-5,9-11,14,17H,6-8H2,1-2H3,(H,18,19). The molecule has 104 valence electrons. The molecule has 1 aliphatic rings. The highest BCUT2D eigenvalue weighted by Gasteiger charge is 2.25. The van der Waals surface area contributed by atoms with E-state index in [0.29, 0.717) is 5.92 Å². The number of carbonyl (C=O) groups is 1. The average molecular weight is 264 g/mol.